The van der Waals surface area contributed by atoms with Gasteiger partial charge in [-0.3, -0.25) is 14.7 Å². The van der Waals surface area contributed by atoms with Gasteiger partial charge in [-0.15, -0.1) is 0 Å². The molecule has 0 N–H and O–H groups in total. The van der Waals surface area contributed by atoms with Crippen molar-refractivity contribution in [2.24, 2.45) is 23.2 Å². The lowest BCUT2D eigenvalue weighted by Gasteiger charge is -2.57. The second-order valence-corrected chi connectivity index (χ2v) is 10.4. The molecule has 1 atom stereocenters. The Kier molecular flexibility index (Phi) is 4.63. The maximum atomic E-state index is 13.6. The van der Waals surface area contributed by atoms with Gasteiger partial charge in [0.25, 0.3) is 0 Å². The number of amides is 1. The largest absolute Gasteiger partial charge is 0.340 e. The number of nitrogens with zero attached hydrogens (tertiary/aromatic N) is 5. The Morgan fingerprint density at radius 1 is 1.10 bits per heavy atom. The van der Waals surface area contributed by atoms with E-state index >= 15 is 0 Å². The van der Waals surface area contributed by atoms with Crippen molar-refractivity contribution < 1.29 is 9.32 Å². The van der Waals surface area contributed by atoms with Gasteiger partial charge in [0.15, 0.2) is 0 Å². The molecule has 2 aromatic heterocycles. The number of aromatic nitrogens is 3. The number of carbonyl (C=O) groups excluding carboxylic acids is 1. The van der Waals surface area contributed by atoms with Crippen LogP contribution >= 0.6 is 0 Å². The second-order valence-electron chi connectivity index (χ2n) is 10.4. The predicted octanol–water partition coefficient (Wildman–Crippen LogP) is 3.55. The van der Waals surface area contributed by atoms with Gasteiger partial charge in [-0.1, -0.05) is 5.16 Å². The summed E-state index contributed by atoms with van der Waals surface area (Å²) in [7, 11) is 0. The molecule has 5 aliphatic rings. The van der Waals surface area contributed by atoms with Crippen LogP contribution in [-0.2, 0) is 4.79 Å². The van der Waals surface area contributed by atoms with Crippen molar-refractivity contribution in [2.45, 2.75) is 51.5 Å². The molecule has 5 fully saturated rings. The molecular formula is C24H31N5O2. The summed E-state index contributed by atoms with van der Waals surface area (Å²) in [6, 6.07) is 3.84. The number of carbonyl (C=O) groups is 1. The molecule has 1 saturated heterocycles. The van der Waals surface area contributed by atoms with Crippen molar-refractivity contribution in [3.8, 4) is 11.4 Å². The van der Waals surface area contributed by atoms with E-state index in [1.807, 2.05) is 12.1 Å². The van der Waals surface area contributed by atoms with E-state index in [-0.39, 0.29) is 11.5 Å². The topological polar surface area (TPSA) is 75.4 Å². The fourth-order valence-electron chi connectivity index (χ4n) is 7.19. The van der Waals surface area contributed by atoms with Crippen LogP contribution in [0, 0.1) is 23.2 Å². The van der Waals surface area contributed by atoms with Crippen LogP contribution in [-0.4, -0.2) is 57.0 Å². The summed E-state index contributed by atoms with van der Waals surface area (Å²) in [5, 5.41) is 4.13. The molecule has 7 rings (SSSR count). The molecule has 2 aromatic rings. The van der Waals surface area contributed by atoms with E-state index in [0.717, 1.165) is 68.8 Å². The zero-order chi connectivity index (χ0) is 21.0. The number of hydrogen-bond acceptors (Lipinski definition) is 6. The molecule has 1 unspecified atom stereocenters. The minimum atomic E-state index is -0.0341. The summed E-state index contributed by atoms with van der Waals surface area (Å²) in [4.78, 5) is 26.9. The average Bonchev–Trinajstić information content (AvgIpc) is 3.28. The molecule has 164 valence electrons. The molecule has 0 radical (unpaired) electrons. The van der Waals surface area contributed by atoms with Gasteiger partial charge in [0.1, 0.15) is 0 Å². The lowest BCUT2D eigenvalue weighted by atomic mass is 9.49. The van der Waals surface area contributed by atoms with Crippen molar-refractivity contribution in [1.29, 1.82) is 0 Å². The highest BCUT2D eigenvalue weighted by molar-refractivity contribution is 5.83. The molecule has 0 aromatic carbocycles. The van der Waals surface area contributed by atoms with Gasteiger partial charge in [-0.2, -0.15) is 4.98 Å². The molecule has 7 nitrogen and oxygen atoms in total. The SMILES string of the molecule is CC(c1nc(-c2cccnc2)no1)N1CCN(C(=O)C23CC4CC(CC(C4)C2)C3)CC1. The monoisotopic (exact) mass is 421 g/mol. The number of piperazine rings is 1. The van der Waals surface area contributed by atoms with Crippen molar-refractivity contribution in [3.63, 3.8) is 0 Å². The van der Waals surface area contributed by atoms with Crippen LogP contribution in [0.5, 0.6) is 0 Å². The van der Waals surface area contributed by atoms with Crippen molar-refractivity contribution in [2.75, 3.05) is 26.2 Å². The fourth-order valence-corrected chi connectivity index (χ4v) is 7.19. The Hall–Kier alpha value is -2.28. The summed E-state index contributed by atoms with van der Waals surface area (Å²) in [6.45, 7) is 5.41. The summed E-state index contributed by atoms with van der Waals surface area (Å²) >= 11 is 0. The Balaban J connectivity index is 1.10. The molecule has 0 spiro atoms. The van der Waals surface area contributed by atoms with Crippen LogP contribution in [0.15, 0.2) is 29.0 Å². The molecule has 4 saturated carbocycles. The molecule has 7 heteroatoms. The predicted molar refractivity (Wildman–Crippen MR) is 115 cm³/mol. The van der Waals surface area contributed by atoms with Crippen LogP contribution < -0.4 is 0 Å². The van der Waals surface area contributed by atoms with E-state index in [1.165, 1.54) is 19.3 Å². The van der Waals surface area contributed by atoms with E-state index in [9.17, 15) is 4.79 Å². The standard InChI is InChI=1S/C24H31N5O2/c1-16(22-26-21(27-31-22)20-3-2-4-25-15-20)28-5-7-29(8-6-28)23(30)24-12-17-9-18(13-24)11-19(10-17)14-24/h2-4,15-19H,5-14H2,1H3. The quantitative estimate of drug-likeness (QED) is 0.752. The molecule has 4 bridgehead atoms. The second kappa shape index (κ2) is 7.40. The van der Waals surface area contributed by atoms with Gasteiger partial charge in [0.2, 0.25) is 17.6 Å². The molecule has 1 amide bonds. The highest BCUT2D eigenvalue weighted by Gasteiger charge is 2.55. The highest BCUT2D eigenvalue weighted by atomic mass is 16.5. The van der Waals surface area contributed by atoms with Crippen molar-refractivity contribution in [1.82, 2.24) is 24.9 Å². The maximum Gasteiger partial charge on any atom is 0.244 e. The number of hydrogen-bond donors (Lipinski definition) is 0. The van der Waals surface area contributed by atoms with Gasteiger partial charge in [-0.25, -0.2) is 0 Å². The minimum absolute atomic E-state index is 0.0341. The van der Waals surface area contributed by atoms with Crippen molar-refractivity contribution in [3.05, 3.63) is 30.4 Å². The van der Waals surface area contributed by atoms with Crippen LogP contribution in [0.25, 0.3) is 11.4 Å². The smallest absolute Gasteiger partial charge is 0.244 e. The van der Waals surface area contributed by atoms with Crippen LogP contribution in [0.3, 0.4) is 0 Å². The van der Waals surface area contributed by atoms with E-state index in [2.05, 4.69) is 31.8 Å². The third-order valence-corrected chi connectivity index (χ3v) is 8.36. The summed E-state index contributed by atoms with van der Waals surface area (Å²) in [5.74, 6) is 4.08. The van der Waals surface area contributed by atoms with E-state index in [0.29, 0.717) is 17.6 Å². The van der Waals surface area contributed by atoms with E-state index < -0.39 is 0 Å². The van der Waals surface area contributed by atoms with Gasteiger partial charge in [0.05, 0.1) is 11.5 Å². The molecule has 3 heterocycles. The molecular weight excluding hydrogens is 390 g/mol. The summed E-state index contributed by atoms with van der Waals surface area (Å²) in [6.07, 6.45) is 11.1. The third-order valence-electron chi connectivity index (χ3n) is 8.36. The molecule has 4 aliphatic carbocycles. The van der Waals surface area contributed by atoms with E-state index in [4.69, 9.17) is 4.52 Å². The number of rotatable bonds is 4. The zero-order valence-corrected chi connectivity index (χ0v) is 18.2. The fraction of sp³-hybridized carbons (Fsp3) is 0.667. The Labute approximate surface area is 183 Å². The normalized spacial score (nSPS) is 33.6. The first kappa shape index (κ1) is 19.4. The first-order chi connectivity index (χ1) is 15.1. The minimum Gasteiger partial charge on any atom is -0.340 e. The van der Waals surface area contributed by atoms with Crippen LogP contribution in [0.1, 0.15) is 57.4 Å². The third kappa shape index (κ3) is 3.37. The van der Waals surface area contributed by atoms with Gasteiger partial charge in [0, 0.05) is 44.1 Å². The van der Waals surface area contributed by atoms with Crippen LogP contribution in [0.2, 0.25) is 0 Å². The first-order valence-electron chi connectivity index (χ1n) is 11.9. The zero-order valence-electron chi connectivity index (χ0n) is 18.2. The first-order valence-corrected chi connectivity index (χ1v) is 11.9. The summed E-state index contributed by atoms with van der Waals surface area (Å²) in [5.41, 5.74) is 0.823. The molecule has 31 heavy (non-hydrogen) atoms. The summed E-state index contributed by atoms with van der Waals surface area (Å²) < 4.78 is 5.56. The average molecular weight is 422 g/mol. The Bertz CT molecular complexity index is 915. The van der Waals surface area contributed by atoms with Crippen molar-refractivity contribution >= 4 is 5.91 Å². The lowest BCUT2D eigenvalue weighted by molar-refractivity contribution is -0.159. The highest BCUT2D eigenvalue weighted by Crippen LogP contribution is 2.60. The van der Waals surface area contributed by atoms with Gasteiger partial charge in [-0.05, 0) is 75.3 Å². The van der Waals surface area contributed by atoms with E-state index in [1.54, 1.807) is 12.4 Å². The lowest BCUT2D eigenvalue weighted by Crippen LogP contribution is -2.58. The maximum absolute atomic E-state index is 13.6. The van der Waals surface area contributed by atoms with Gasteiger partial charge < -0.3 is 9.42 Å². The Morgan fingerprint density at radius 3 is 2.39 bits per heavy atom. The molecule has 1 aliphatic heterocycles. The number of pyridine rings is 1. The van der Waals surface area contributed by atoms with Crippen LogP contribution in [0.4, 0.5) is 0 Å². The van der Waals surface area contributed by atoms with Gasteiger partial charge >= 0.3 is 0 Å². The Morgan fingerprint density at radius 2 is 1.77 bits per heavy atom.